The van der Waals surface area contributed by atoms with Crippen LogP contribution in [0, 0.1) is 3.57 Å². The highest BCUT2D eigenvalue weighted by Gasteiger charge is 2.13. The summed E-state index contributed by atoms with van der Waals surface area (Å²) in [6, 6.07) is 0. The Bertz CT molecular complexity index is 352. The van der Waals surface area contributed by atoms with Crippen molar-refractivity contribution in [3.63, 3.8) is 0 Å². The molecule has 16 heavy (non-hydrogen) atoms. The van der Waals surface area contributed by atoms with Gasteiger partial charge in [-0.1, -0.05) is 0 Å². The Balaban J connectivity index is 2.33. The lowest BCUT2D eigenvalue weighted by Gasteiger charge is -2.03. The van der Waals surface area contributed by atoms with Crippen molar-refractivity contribution in [2.24, 2.45) is 7.05 Å². The number of aryl methyl sites for hydroxylation is 1. The highest BCUT2D eigenvalue weighted by molar-refractivity contribution is 14.1. The maximum atomic E-state index is 11.7. The van der Waals surface area contributed by atoms with Crippen LogP contribution in [0.5, 0.6) is 0 Å². The van der Waals surface area contributed by atoms with Gasteiger partial charge in [-0.05, 0) is 35.9 Å². The molecule has 0 bridgehead atoms. The lowest BCUT2D eigenvalue weighted by molar-refractivity contribution is 0.0937. The fourth-order valence-electron chi connectivity index (χ4n) is 1.22. The van der Waals surface area contributed by atoms with E-state index in [1.54, 1.807) is 11.7 Å². The van der Waals surface area contributed by atoms with Gasteiger partial charge in [0.15, 0.2) is 5.69 Å². The van der Waals surface area contributed by atoms with Crippen LogP contribution in [0.1, 0.15) is 23.8 Å². The number of ether oxygens (including phenoxy) is 1. The van der Waals surface area contributed by atoms with Crippen LogP contribution in [0.4, 0.5) is 0 Å². The van der Waals surface area contributed by atoms with E-state index in [0.29, 0.717) is 25.5 Å². The third-order valence-electron chi connectivity index (χ3n) is 1.95. The van der Waals surface area contributed by atoms with Crippen molar-refractivity contribution in [1.82, 2.24) is 15.1 Å². The zero-order valence-corrected chi connectivity index (χ0v) is 11.7. The SMILES string of the molecule is CCOCCCNC(=O)c1nn(C)cc1I. The highest BCUT2D eigenvalue weighted by Crippen LogP contribution is 2.08. The number of hydrogen-bond donors (Lipinski definition) is 1. The van der Waals surface area contributed by atoms with Gasteiger partial charge in [0.2, 0.25) is 0 Å². The highest BCUT2D eigenvalue weighted by atomic mass is 127. The van der Waals surface area contributed by atoms with Gasteiger partial charge in [0, 0.05) is 33.0 Å². The van der Waals surface area contributed by atoms with Crippen molar-refractivity contribution in [2.45, 2.75) is 13.3 Å². The van der Waals surface area contributed by atoms with Gasteiger partial charge in [-0.3, -0.25) is 9.48 Å². The molecule has 0 spiro atoms. The first-order chi connectivity index (χ1) is 7.65. The van der Waals surface area contributed by atoms with Gasteiger partial charge in [-0.2, -0.15) is 5.10 Å². The smallest absolute Gasteiger partial charge is 0.272 e. The van der Waals surface area contributed by atoms with Gasteiger partial charge in [0.1, 0.15) is 0 Å². The number of rotatable bonds is 6. The van der Waals surface area contributed by atoms with E-state index < -0.39 is 0 Å². The van der Waals surface area contributed by atoms with E-state index >= 15 is 0 Å². The van der Waals surface area contributed by atoms with E-state index in [-0.39, 0.29) is 5.91 Å². The molecule has 0 aliphatic carbocycles. The molecule has 1 aromatic heterocycles. The number of nitrogens with one attached hydrogen (secondary N) is 1. The maximum absolute atomic E-state index is 11.7. The second-order valence-electron chi connectivity index (χ2n) is 3.31. The third-order valence-corrected chi connectivity index (χ3v) is 2.74. The van der Waals surface area contributed by atoms with Crippen molar-refractivity contribution in [3.8, 4) is 0 Å². The van der Waals surface area contributed by atoms with E-state index in [1.807, 2.05) is 13.1 Å². The van der Waals surface area contributed by atoms with Crippen LogP contribution in [0.25, 0.3) is 0 Å². The molecule has 0 fully saturated rings. The molecule has 1 N–H and O–H groups in total. The number of hydrogen-bond acceptors (Lipinski definition) is 3. The normalized spacial score (nSPS) is 10.4. The zero-order chi connectivity index (χ0) is 12.0. The van der Waals surface area contributed by atoms with Crippen molar-refractivity contribution >= 4 is 28.5 Å². The van der Waals surface area contributed by atoms with Gasteiger partial charge in [-0.25, -0.2) is 0 Å². The molecule has 0 aromatic carbocycles. The molecule has 1 aromatic rings. The van der Waals surface area contributed by atoms with Crippen LogP contribution >= 0.6 is 22.6 Å². The number of nitrogens with zero attached hydrogens (tertiary/aromatic N) is 2. The summed E-state index contributed by atoms with van der Waals surface area (Å²) in [7, 11) is 1.80. The zero-order valence-electron chi connectivity index (χ0n) is 9.49. The van der Waals surface area contributed by atoms with Crippen molar-refractivity contribution < 1.29 is 9.53 Å². The minimum absolute atomic E-state index is 0.124. The molecular weight excluding hydrogens is 321 g/mol. The van der Waals surface area contributed by atoms with Gasteiger partial charge in [0.05, 0.1) is 3.57 Å². The van der Waals surface area contributed by atoms with Crippen molar-refractivity contribution in [1.29, 1.82) is 0 Å². The average molecular weight is 337 g/mol. The van der Waals surface area contributed by atoms with Gasteiger partial charge < -0.3 is 10.1 Å². The lowest BCUT2D eigenvalue weighted by atomic mass is 10.4. The summed E-state index contributed by atoms with van der Waals surface area (Å²) >= 11 is 2.10. The molecule has 0 aliphatic rings. The predicted molar refractivity (Wildman–Crippen MR) is 69.4 cm³/mol. The van der Waals surface area contributed by atoms with E-state index in [1.165, 1.54) is 0 Å². The van der Waals surface area contributed by atoms with E-state index in [0.717, 1.165) is 9.99 Å². The van der Waals surface area contributed by atoms with E-state index in [4.69, 9.17) is 4.74 Å². The molecule has 1 rings (SSSR count). The van der Waals surface area contributed by atoms with Gasteiger partial charge in [-0.15, -0.1) is 0 Å². The molecule has 5 nitrogen and oxygen atoms in total. The first kappa shape index (κ1) is 13.4. The van der Waals surface area contributed by atoms with Crippen molar-refractivity contribution in [3.05, 3.63) is 15.5 Å². The minimum Gasteiger partial charge on any atom is -0.382 e. The molecule has 1 amide bonds. The quantitative estimate of drug-likeness (QED) is 0.627. The second-order valence-corrected chi connectivity index (χ2v) is 4.47. The summed E-state index contributed by atoms with van der Waals surface area (Å²) in [5.41, 5.74) is 0.486. The number of aromatic nitrogens is 2. The van der Waals surface area contributed by atoms with Crippen LogP contribution in [-0.2, 0) is 11.8 Å². The second kappa shape index (κ2) is 6.85. The molecule has 0 aliphatic heterocycles. The molecule has 0 atom stereocenters. The summed E-state index contributed by atoms with van der Waals surface area (Å²) < 4.78 is 7.68. The monoisotopic (exact) mass is 337 g/mol. The van der Waals surface area contributed by atoms with E-state index in [9.17, 15) is 4.79 Å². The Kier molecular flexibility index (Phi) is 5.75. The minimum atomic E-state index is -0.124. The predicted octanol–water partition coefficient (Wildman–Crippen LogP) is 1.18. The summed E-state index contributed by atoms with van der Waals surface area (Å²) in [6.45, 7) is 3.96. The molecule has 1 heterocycles. The van der Waals surface area contributed by atoms with Crippen molar-refractivity contribution in [2.75, 3.05) is 19.8 Å². The van der Waals surface area contributed by atoms with Crippen LogP contribution < -0.4 is 5.32 Å². The Labute approximate surface area is 109 Å². The summed E-state index contributed by atoms with van der Waals surface area (Å²) in [4.78, 5) is 11.7. The summed E-state index contributed by atoms with van der Waals surface area (Å²) in [5, 5.41) is 6.90. The standard InChI is InChI=1S/C10H16IN3O2/c1-3-16-6-4-5-12-10(15)9-8(11)7-14(2)13-9/h7H,3-6H2,1-2H3,(H,12,15). The van der Waals surface area contributed by atoms with Gasteiger partial charge in [0.25, 0.3) is 5.91 Å². The number of amides is 1. The fraction of sp³-hybridized carbons (Fsp3) is 0.600. The van der Waals surface area contributed by atoms with Crippen LogP contribution in [0.15, 0.2) is 6.20 Å². The molecule has 0 saturated carbocycles. The number of halogens is 1. The lowest BCUT2D eigenvalue weighted by Crippen LogP contribution is -2.26. The molecule has 90 valence electrons. The first-order valence-corrected chi connectivity index (χ1v) is 6.28. The van der Waals surface area contributed by atoms with Crippen LogP contribution in [0.2, 0.25) is 0 Å². The topological polar surface area (TPSA) is 56.1 Å². The molecule has 0 unspecified atom stereocenters. The maximum Gasteiger partial charge on any atom is 0.272 e. The molecular formula is C10H16IN3O2. The summed E-state index contributed by atoms with van der Waals surface area (Å²) in [6.07, 6.45) is 2.64. The molecule has 6 heteroatoms. The largest absolute Gasteiger partial charge is 0.382 e. The first-order valence-electron chi connectivity index (χ1n) is 5.20. The Hall–Kier alpha value is -0.630. The molecule has 0 saturated heterocycles. The Morgan fingerprint density at radius 3 is 3.00 bits per heavy atom. The van der Waals surface area contributed by atoms with Crippen LogP contribution in [-0.4, -0.2) is 35.4 Å². The number of carbonyl (C=O) groups excluding carboxylic acids is 1. The molecule has 0 radical (unpaired) electrons. The fourth-order valence-corrected chi connectivity index (χ4v) is 1.97. The Morgan fingerprint density at radius 2 is 2.44 bits per heavy atom. The summed E-state index contributed by atoms with van der Waals surface area (Å²) in [5.74, 6) is -0.124. The van der Waals surface area contributed by atoms with Crippen LogP contribution in [0.3, 0.4) is 0 Å². The average Bonchev–Trinajstić information content (AvgIpc) is 2.57. The number of carbonyl (C=O) groups is 1. The van der Waals surface area contributed by atoms with Gasteiger partial charge >= 0.3 is 0 Å². The third kappa shape index (κ3) is 4.09. The Morgan fingerprint density at radius 1 is 1.69 bits per heavy atom. The van der Waals surface area contributed by atoms with E-state index in [2.05, 4.69) is 33.0 Å².